The van der Waals surface area contributed by atoms with Crippen LogP contribution in [0.5, 0.6) is 0 Å². The maximum Gasteiger partial charge on any atom is 0.246 e. The van der Waals surface area contributed by atoms with E-state index >= 15 is 0 Å². The van der Waals surface area contributed by atoms with E-state index in [2.05, 4.69) is 11.4 Å². The zero-order valence-electron chi connectivity index (χ0n) is 10.1. The highest BCUT2D eigenvalue weighted by atomic mass is 16.3. The molecule has 1 heterocycles. The number of nitrogens with zero attached hydrogens (tertiary/aromatic N) is 2. The van der Waals surface area contributed by atoms with E-state index in [-0.39, 0.29) is 18.6 Å². The number of anilines is 1. The fraction of sp³-hybridized carbons (Fsp3) is 0.385. The number of hydrogen-bond acceptors (Lipinski definition) is 4. The summed E-state index contributed by atoms with van der Waals surface area (Å²) in [7, 11) is 0. The van der Waals surface area contributed by atoms with Gasteiger partial charge >= 0.3 is 0 Å². The molecule has 0 aliphatic carbocycles. The van der Waals surface area contributed by atoms with Gasteiger partial charge in [-0.3, -0.25) is 4.79 Å². The Balaban J connectivity index is 2.41. The first-order valence-corrected chi connectivity index (χ1v) is 5.85. The summed E-state index contributed by atoms with van der Waals surface area (Å²) in [5, 5.41) is 21.2. The maximum absolute atomic E-state index is 12.2. The highest BCUT2D eigenvalue weighted by Gasteiger charge is 2.34. The van der Waals surface area contributed by atoms with Gasteiger partial charge in [0.25, 0.3) is 0 Å². The molecule has 0 aromatic heterocycles. The summed E-state index contributed by atoms with van der Waals surface area (Å²) in [4.78, 5) is 13.8. The van der Waals surface area contributed by atoms with Crippen LogP contribution >= 0.6 is 0 Å². The molecule has 5 nitrogen and oxygen atoms in total. The van der Waals surface area contributed by atoms with Gasteiger partial charge in [-0.05, 0) is 19.1 Å². The van der Waals surface area contributed by atoms with Crippen LogP contribution in [-0.4, -0.2) is 36.2 Å². The summed E-state index contributed by atoms with van der Waals surface area (Å²) in [5.74, 6) is -0.195. The predicted molar refractivity (Wildman–Crippen MR) is 67.0 cm³/mol. The van der Waals surface area contributed by atoms with Crippen LogP contribution < -0.4 is 10.2 Å². The molecule has 0 bridgehead atoms. The van der Waals surface area contributed by atoms with Gasteiger partial charge in [-0.1, -0.05) is 12.1 Å². The highest BCUT2D eigenvalue weighted by Crippen LogP contribution is 2.24. The molecule has 0 spiro atoms. The molecule has 2 N–H and O–H groups in total. The summed E-state index contributed by atoms with van der Waals surface area (Å²) in [6.07, 6.45) is 0. The Hall–Kier alpha value is -1.90. The molecule has 1 aliphatic rings. The highest BCUT2D eigenvalue weighted by molar-refractivity contribution is 5.99. The molecule has 2 rings (SSSR count). The second-order valence-corrected chi connectivity index (χ2v) is 4.33. The number of aliphatic hydroxyl groups excluding tert-OH is 1. The van der Waals surface area contributed by atoms with Gasteiger partial charge in [-0.2, -0.15) is 5.26 Å². The van der Waals surface area contributed by atoms with E-state index in [0.717, 1.165) is 0 Å². The molecule has 18 heavy (non-hydrogen) atoms. The van der Waals surface area contributed by atoms with Gasteiger partial charge in [0.1, 0.15) is 12.1 Å². The number of carbonyl (C=O) groups excluding carboxylic acids is 1. The van der Waals surface area contributed by atoms with Crippen molar-refractivity contribution in [1.29, 1.82) is 5.26 Å². The maximum atomic E-state index is 12.2. The minimum absolute atomic E-state index is 0.0465. The van der Waals surface area contributed by atoms with Crippen LogP contribution in [0.1, 0.15) is 12.5 Å². The smallest absolute Gasteiger partial charge is 0.246 e. The van der Waals surface area contributed by atoms with E-state index in [1.165, 1.54) is 0 Å². The second kappa shape index (κ2) is 5.17. The first-order chi connectivity index (χ1) is 8.69. The van der Waals surface area contributed by atoms with E-state index in [1.54, 1.807) is 29.2 Å². The van der Waals surface area contributed by atoms with Gasteiger partial charge in [-0.15, -0.1) is 0 Å². The molecule has 1 amide bonds. The van der Waals surface area contributed by atoms with Gasteiger partial charge in [-0.25, -0.2) is 0 Å². The van der Waals surface area contributed by atoms with Crippen molar-refractivity contribution in [1.82, 2.24) is 5.32 Å². The van der Waals surface area contributed by atoms with E-state index in [0.29, 0.717) is 17.8 Å². The van der Waals surface area contributed by atoms with E-state index in [4.69, 9.17) is 10.4 Å². The van der Waals surface area contributed by atoms with Crippen LogP contribution in [0, 0.1) is 11.3 Å². The fourth-order valence-corrected chi connectivity index (χ4v) is 2.15. The van der Waals surface area contributed by atoms with Crippen molar-refractivity contribution < 1.29 is 9.90 Å². The summed E-state index contributed by atoms with van der Waals surface area (Å²) >= 11 is 0. The minimum Gasteiger partial charge on any atom is -0.394 e. The molecule has 5 heteroatoms. The quantitative estimate of drug-likeness (QED) is 0.782. The number of piperazine rings is 1. The molecule has 1 saturated heterocycles. The lowest BCUT2D eigenvalue weighted by Crippen LogP contribution is -2.61. The molecular weight excluding hydrogens is 230 g/mol. The first-order valence-electron chi connectivity index (χ1n) is 5.85. The molecule has 94 valence electrons. The van der Waals surface area contributed by atoms with Crippen molar-refractivity contribution in [2.75, 3.05) is 18.1 Å². The number of aliphatic hydroxyl groups is 1. The monoisotopic (exact) mass is 245 g/mol. The van der Waals surface area contributed by atoms with Gasteiger partial charge in [0.2, 0.25) is 5.91 Å². The fourth-order valence-electron chi connectivity index (χ4n) is 2.15. The van der Waals surface area contributed by atoms with Crippen LogP contribution in [0.25, 0.3) is 0 Å². The van der Waals surface area contributed by atoms with Gasteiger partial charge in [0.15, 0.2) is 0 Å². The molecule has 1 aliphatic heterocycles. The number of hydrogen-bond donors (Lipinski definition) is 2. The molecule has 2 atom stereocenters. The third kappa shape index (κ3) is 2.08. The predicted octanol–water partition coefficient (Wildman–Crippen LogP) is 0.244. The first kappa shape index (κ1) is 12.6. The van der Waals surface area contributed by atoms with E-state index < -0.39 is 6.04 Å². The summed E-state index contributed by atoms with van der Waals surface area (Å²) in [6.45, 7) is 2.26. The van der Waals surface area contributed by atoms with Gasteiger partial charge in [0, 0.05) is 12.6 Å². The number of nitriles is 1. The molecule has 2 unspecified atom stereocenters. The number of amides is 1. The SMILES string of the molecule is CC1CNC(CO)C(=O)N1c1ccccc1C#N. The molecule has 1 aromatic carbocycles. The summed E-state index contributed by atoms with van der Waals surface area (Å²) in [5.41, 5.74) is 1.08. The molecular formula is C13H15N3O2. The second-order valence-electron chi connectivity index (χ2n) is 4.33. The zero-order valence-corrected chi connectivity index (χ0v) is 10.1. The van der Waals surface area contributed by atoms with Crippen LogP contribution in [0.2, 0.25) is 0 Å². The Morgan fingerprint density at radius 1 is 1.56 bits per heavy atom. The molecule has 1 aromatic rings. The van der Waals surface area contributed by atoms with Crippen molar-refractivity contribution in [3.05, 3.63) is 29.8 Å². The van der Waals surface area contributed by atoms with Crippen molar-refractivity contribution in [2.24, 2.45) is 0 Å². The Kier molecular flexibility index (Phi) is 3.60. The number of nitrogens with one attached hydrogen (secondary N) is 1. The topological polar surface area (TPSA) is 76.4 Å². The molecule has 0 radical (unpaired) electrons. The Morgan fingerprint density at radius 3 is 2.94 bits per heavy atom. The lowest BCUT2D eigenvalue weighted by molar-refractivity contribution is -0.123. The molecule has 0 saturated carbocycles. The zero-order chi connectivity index (χ0) is 13.1. The normalized spacial score (nSPS) is 23.8. The molecule has 1 fully saturated rings. The van der Waals surface area contributed by atoms with Crippen molar-refractivity contribution in [2.45, 2.75) is 19.0 Å². The van der Waals surface area contributed by atoms with E-state index in [9.17, 15) is 4.79 Å². The third-order valence-corrected chi connectivity index (χ3v) is 3.10. The Labute approximate surface area is 106 Å². The number of rotatable bonds is 2. The minimum atomic E-state index is -0.590. The van der Waals surface area contributed by atoms with Crippen LogP contribution in [0.4, 0.5) is 5.69 Å². The lowest BCUT2D eigenvalue weighted by atomic mass is 10.1. The van der Waals surface area contributed by atoms with Gasteiger partial charge < -0.3 is 15.3 Å². The Bertz CT molecular complexity index is 495. The number of benzene rings is 1. The largest absolute Gasteiger partial charge is 0.394 e. The Morgan fingerprint density at radius 2 is 2.28 bits per heavy atom. The van der Waals surface area contributed by atoms with Crippen LogP contribution in [0.3, 0.4) is 0 Å². The standard InChI is InChI=1S/C13H15N3O2/c1-9-7-15-11(8-17)13(18)16(9)12-5-3-2-4-10(12)6-14/h2-5,9,11,15,17H,7-8H2,1H3. The van der Waals surface area contributed by atoms with Crippen molar-refractivity contribution >= 4 is 11.6 Å². The average molecular weight is 245 g/mol. The average Bonchev–Trinajstić information content (AvgIpc) is 2.39. The number of para-hydroxylation sites is 1. The van der Waals surface area contributed by atoms with Crippen molar-refractivity contribution in [3.63, 3.8) is 0 Å². The van der Waals surface area contributed by atoms with E-state index in [1.807, 2.05) is 6.92 Å². The van der Waals surface area contributed by atoms with Crippen molar-refractivity contribution in [3.8, 4) is 6.07 Å². The number of carbonyl (C=O) groups is 1. The van der Waals surface area contributed by atoms with Crippen LogP contribution in [-0.2, 0) is 4.79 Å². The lowest BCUT2D eigenvalue weighted by Gasteiger charge is -2.38. The summed E-state index contributed by atoms with van der Waals surface area (Å²) < 4.78 is 0. The third-order valence-electron chi connectivity index (χ3n) is 3.10. The van der Waals surface area contributed by atoms with Crippen LogP contribution in [0.15, 0.2) is 24.3 Å². The van der Waals surface area contributed by atoms with Gasteiger partial charge in [0.05, 0.1) is 17.9 Å². The summed E-state index contributed by atoms with van der Waals surface area (Å²) in [6, 6.07) is 8.46.